The van der Waals surface area contributed by atoms with E-state index in [-0.39, 0.29) is 0 Å². The molecule has 0 atom stereocenters. The predicted octanol–water partition coefficient (Wildman–Crippen LogP) is 1.45. The molecule has 0 bridgehead atoms. The quantitative estimate of drug-likeness (QED) is 0.468. The van der Waals surface area contributed by atoms with E-state index >= 15 is 0 Å². The van der Waals surface area contributed by atoms with Crippen LogP contribution in [0.5, 0.6) is 0 Å². The van der Waals surface area contributed by atoms with Crippen molar-refractivity contribution in [2.45, 2.75) is 12.8 Å². The Morgan fingerprint density at radius 3 is 2.67 bits per heavy atom. The molecule has 0 aliphatic heterocycles. The minimum Gasteiger partial charge on any atom is -0.481 e. The molecule has 0 heterocycles. The third-order valence-electron chi connectivity index (χ3n) is 1.14. The molecule has 0 amide bonds. The van der Waals surface area contributed by atoms with E-state index in [1.165, 1.54) is 0 Å². The largest absolute Gasteiger partial charge is 0.481 e. The van der Waals surface area contributed by atoms with Crippen LogP contribution < -0.4 is 5.32 Å². The summed E-state index contributed by atoms with van der Waals surface area (Å²) in [5, 5.41) is 11.4. The lowest BCUT2D eigenvalue weighted by molar-refractivity contribution is -0.137. The Morgan fingerprint density at radius 1 is 1.42 bits per heavy atom. The standard InChI is InChI=1S/C7H15NO2S2/c1-8-4-6-12-11-5-2-3-7(9)10/h8H,2-6H2,1H3,(H,9,10). The number of aliphatic carboxylic acids is 1. The SMILES string of the molecule is CNCCSSCCCC(=O)O. The van der Waals surface area contributed by atoms with Crippen molar-refractivity contribution in [2.75, 3.05) is 25.1 Å². The van der Waals surface area contributed by atoms with Crippen LogP contribution in [0.25, 0.3) is 0 Å². The number of carbonyl (C=O) groups is 1. The molecule has 0 unspecified atom stereocenters. The van der Waals surface area contributed by atoms with E-state index in [1.807, 2.05) is 7.05 Å². The maximum absolute atomic E-state index is 10.1. The number of nitrogens with one attached hydrogen (secondary N) is 1. The third kappa shape index (κ3) is 10.1. The molecule has 0 aromatic carbocycles. The van der Waals surface area contributed by atoms with Crippen LogP contribution in [-0.2, 0) is 4.79 Å². The van der Waals surface area contributed by atoms with E-state index in [0.717, 1.165) is 24.5 Å². The summed E-state index contributed by atoms with van der Waals surface area (Å²) >= 11 is 0. The maximum Gasteiger partial charge on any atom is 0.303 e. The lowest BCUT2D eigenvalue weighted by Gasteiger charge is -1.98. The molecular weight excluding hydrogens is 194 g/mol. The number of carboxylic acids is 1. The normalized spacial score (nSPS) is 10.1. The van der Waals surface area contributed by atoms with Crippen molar-refractivity contribution in [3.8, 4) is 0 Å². The average molecular weight is 209 g/mol. The van der Waals surface area contributed by atoms with Crippen molar-refractivity contribution < 1.29 is 9.90 Å². The van der Waals surface area contributed by atoms with Crippen molar-refractivity contribution in [3.05, 3.63) is 0 Å². The summed E-state index contributed by atoms with van der Waals surface area (Å²) in [6, 6.07) is 0. The Kier molecular flexibility index (Phi) is 9.32. The number of carboxylic acid groups (broad SMARTS) is 1. The Hall–Kier alpha value is 0.130. The van der Waals surface area contributed by atoms with Crippen LogP contribution in [0.1, 0.15) is 12.8 Å². The van der Waals surface area contributed by atoms with Gasteiger partial charge in [0.15, 0.2) is 0 Å². The summed E-state index contributed by atoms with van der Waals surface area (Å²) in [7, 11) is 5.47. The summed E-state index contributed by atoms with van der Waals surface area (Å²) < 4.78 is 0. The Morgan fingerprint density at radius 2 is 2.08 bits per heavy atom. The van der Waals surface area contributed by atoms with Crippen molar-refractivity contribution in [2.24, 2.45) is 0 Å². The van der Waals surface area contributed by atoms with E-state index in [0.29, 0.717) is 6.42 Å². The molecule has 3 nitrogen and oxygen atoms in total. The van der Waals surface area contributed by atoms with E-state index in [4.69, 9.17) is 5.11 Å². The molecule has 0 aliphatic rings. The van der Waals surface area contributed by atoms with E-state index in [9.17, 15) is 4.79 Å². The molecule has 0 rings (SSSR count). The minimum absolute atomic E-state index is 0.291. The summed E-state index contributed by atoms with van der Waals surface area (Å²) in [4.78, 5) is 10.1. The maximum atomic E-state index is 10.1. The monoisotopic (exact) mass is 209 g/mol. The van der Waals surface area contributed by atoms with Crippen molar-refractivity contribution in [1.29, 1.82) is 0 Å². The zero-order valence-corrected chi connectivity index (χ0v) is 8.84. The Bertz CT molecular complexity index is 122. The van der Waals surface area contributed by atoms with Gasteiger partial charge in [0.25, 0.3) is 0 Å². The minimum atomic E-state index is -0.698. The molecule has 0 aromatic rings. The van der Waals surface area contributed by atoms with E-state index < -0.39 is 5.97 Å². The van der Waals surface area contributed by atoms with Crippen LogP contribution >= 0.6 is 21.6 Å². The highest BCUT2D eigenvalue weighted by atomic mass is 33.1. The molecule has 12 heavy (non-hydrogen) atoms. The lowest BCUT2D eigenvalue weighted by atomic mass is 10.3. The number of rotatable bonds is 8. The van der Waals surface area contributed by atoms with E-state index in [1.54, 1.807) is 21.6 Å². The molecule has 5 heteroatoms. The second-order valence-corrected chi connectivity index (χ2v) is 4.95. The zero-order valence-electron chi connectivity index (χ0n) is 7.21. The smallest absolute Gasteiger partial charge is 0.303 e. The van der Waals surface area contributed by atoms with Gasteiger partial charge in [-0.2, -0.15) is 0 Å². The van der Waals surface area contributed by atoms with Gasteiger partial charge in [0.1, 0.15) is 0 Å². The Balaban J connectivity index is 2.86. The predicted molar refractivity (Wildman–Crippen MR) is 55.7 cm³/mol. The van der Waals surface area contributed by atoms with Crippen molar-refractivity contribution in [1.82, 2.24) is 5.32 Å². The average Bonchev–Trinajstić information content (AvgIpc) is 2.02. The molecular formula is C7H15NO2S2. The Labute approximate surface area is 81.1 Å². The first-order valence-electron chi connectivity index (χ1n) is 3.88. The van der Waals surface area contributed by atoms with Crippen LogP contribution in [-0.4, -0.2) is 36.2 Å². The second-order valence-electron chi connectivity index (χ2n) is 2.24. The summed E-state index contributed by atoms with van der Waals surface area (Å²) in [5.74, 6) is 1.31. The molecule has 72 valence electrons. The highest BCUT2D eigenvalue weighted by Gasteiger charge is 1.96. The second kappa shape index (κ2) is 9.22. The molecule has 0 fully saturated rings. The van der Waals surface area contributed by atoms with Gasteiger partial charge in [0, 0.05) is 24.5 Å². The number of hydrogen-bond donors (Lipinski definition) is 2. The van der Waals surface area contributed by atoms with Gasteiger partial charge >= 0.3 is 5.97 Å². The summed E-state index contributed by atoms with van der Waals surface area (Å²) in [6.45, 7) is 1.01. The van der Waals surface area contributed by atoms with Gasteiger partial charge in [-0.3, -0.25) is 4.79 Å². The topological polar surface area (TPSA) is 49.3 Å². The van der Waals surface area contributed by atoms with Gasteiger partial charge in [0.05, 0.1) is 0 Å². The molecule has 0 saturated carbocycles. The van der Waals surface area contributed by atoms with Gasteiger partial charge in [-0.1, -0.05) is 21.6 Å². The van der Waals surface area contributed by atoms with Gasteiger partial charge < -0.3 is 10.4 Å². The third-order valence-corrected chi connectivity index (χ3v) is 3.63. The van der Waals surface area contributed by atoms with E-state index in [2.05, 4.69) is 5.32 Å². The molecule has 0 aliphatic carbocycles. The highest BCUT2D eigenvalue weighted by Crippen LogP contribution is 2.21. The van der Waals surface area contributed by atoms with Crippen molar-refractivity contribution in [3.63, 3.8) is 0 Å². The lowest BCUT2D eigenvalue weighted by Crippen LogP contribution is -2.09. The van der Waals surface area contributed by atoms with Crippen LogP contribution in [0.3, 0.4) is 0 Å². The summed E-state index contributed by atoms with van der Waals surface area (Å²) in [5.41, 5.74) is 0. The fourth-order valence-corrected chi connectivity index (χ4v) is 2.64. The first kappa shape index (κ1) is 12.1. The fourth-order valence-electron chi connectivity index (χ4n) is 0.544. The molecule has 0 aromatic heterocycles. The molecule has 2 N–H and O–H groups in total. The van der Waals surface area contributed by atoms with Crippen LogP contribution in [0.4, 0.5) is 0 Å². The van der Waals surface area contributed by atoms with Gasteiger partial charge in [0.2, 0.25) is 0 Å². The van der Waals surface area contributed by atoms with Gasteiger partial charge in [-0.15, -0.1) is 0 Å². The van der Waals surface area contributed by atoms with Crippen LogP contribution in [0.15, 0.2) is 0 Å². The molecule has 0 radical (unpaired) electrons. The van der Waals surface area contributed by atoms with Crippen LogP contribution in [0, 0.1) is 0 Å². The zero-order chi connectivity index (χ0) is 9.23. The van der Waals surface area contributed by atoms with Gasteiger partial charge in [-0.05, 0) is 13.5 Å². The number of hydrogen-bond acceptors (Lipinski definition) is 4. The first-order valence-corrected chi connectivity index (χ1v) is 6.37. The summed E-state index contributed by atoms with van der Waals surface area (Å²) in [6.07, 6.45) is 1.06. The molecule has 0 spiro atoms. The van der Waals surface area contributed by atoms with Gasteiger partial charge in [-0.25, -0.2) is 0 Å². The highest BCUT2D eigenvalue weighted by molar-refractivity contribution is 8.76. The molecule has 0 saturated heterocycles. The van der Waals surface area contributed by atoms with Crippen LogP contribution in [0.2, 0.25) is 0 Å². The van der Waals surface area contributed by atoms with Crippen molar-refractivity contribution >= 4 is 27.6 Å². The fraction of sp³-hybridized carbons (Fsp3) is 0.857. The first-order chi connectivity index (χ1) is 5.77.